The van der Waals surface area contributed by atoms with E-state index in [1.54, 1.807) is 6.66 Å². The van der Waals surface area contributed by atoms with Gasteiger partial charge in [0.1, 0.15) is 11.5 Å². The van der Waals surface area contributed by atoms with Crippen LogP contribution in [0.15, 0.2) is 48.5 Å². The van der Waals surface area contributed by atoms with Gasteiger partial charge in [-0.05, 0) is 49.2 Å². The molecule has 2 aromatic rings. The number of hydrogen-bond acceptors (Lipinski definition) is 4. The summed E-state index contributed by atoms with van der Waals surface area (Å²) in [5.41, 5.74) is 7.32. The van der Waals surface area contributed by atoms with Crippen LogP contribution in [0.2, 0.25) is 0 Å². The second kappa shape index (κ2) is 7.69. The second-order valence-corrected chi connectivity index (χ2v) is 11.5. The van der Waals surface area contributed by atoms with Crippen LogP contribution in [0.25, 0.3) is 0 Å². The summed E-state index contributed by atoms with van der Waals surface area (Å²) in [6, 6.07) is 15.9. The molecule has 0 saturated carbocycles. The zero-order valence-corrected chi connectivity index (χ0v) is 18.3. The average molecular weight is 389 g/mol. The van der Waals surface area contributed by atoms with Crippen molar-refractivity contribution in [1.82, 2.24) is 0 Å². The van der Waals surface area contributed by atoms with Crippen molar-refractivity contribution in [2.75, 3.05) is 6.66 Å². The van der Waals surface area contributed by atoms with E-state index in [9.17, 15) is 4.57 Å². The van der Waals surface area contributed by atoms with Crippen LogP contribution in [-0.2, 0) is 9.98 Å². The molecular weight excluding hydrogens is 357 g/mol. The molecule has 0 bridgehead atoms. The van der Waals surface area contributed by atoms with E-state index in [0.29, 0.717) is 5.75 Å². The van der Waals surface area contributed by atoms with Crippen molar-refractivity contribution in [3.05, 3.63) is 59.7 Å². The Balaban J connectivity index is 2.20. The third kappa shape index (κ3) is 5.60. The van der Waals surface area contributed by atoms with E-state index in [4.69, 9.17) is 15.0 Å². The van der Waals surface area contributed by atoms with E-state index < -0.39 is 13.1 Å². The van der Waals surface area contributed by atoms with E-state index in [1.807, 2.05) is 64.1 Å². The molecule has 0 fully saturated rings. The number of benzene rings is 2. The third-order valence-electron chi connectivity index (χ3n) is 4.76. The van der Waals surface area contributed by atoms with Gasteiger partial charge in [0, 0.05) is 17.7 Å². The average Bonchev–Trinajstić information content (AvgIpc) is 2.54. The molecule has 148 valence electrons. The predicted molar refractivity (Wildman–Crippen MR) is 113 cm³/mol. The van der Waals surface area contributed by atoms with E-state index in [1.165, 1.54) is 5.56 Å². The highest BCUT2D eigenvalue weighted by molar-refractivity contribution is 7.59. The monoisotopic (exact) mass is 389 g/mol. The summed E-state index contributed by atoms with van der Waals surface area (Å²) >= 11 is 0. The standard InChI is InChI=1S/C22H32NO3P/c1-16(2)27(7,24)26-20-14-10-18(11-15-20)21(3,4)17-8-12-19(13-9-17)25-22(5,6)23/h8-16H,23H2,1-7H3. The molecule has 5 heteroatoms. The zero-order chi connectivity index (χ0) is 20.5. The van der Waals surface area contributed by atoms with E-state index >= 15 is 0 Å². The fourth-order valence-electron chi connectivity index (χ4n) is 2.66. The van der Waals surface area contributed by atoms with Crippen molar-refractivity contribution < 1.29 is 13.8 Å². The maximum absolute atomic E-state index is 12.5. The Kier molecular flexibility index (Phi) is 6.13. The summed E-state index contributed by atoms with van der Waals surface area (Å²) in [6.45, 7) is 13.5. The quantitative estimate of drug-likeness (QED) is 0.481. The summed E-state index contributed by atoms with van der Waals surface area (Å²) in [5, 5.41) is 0. The van der Waals surface area contributed by atoms with Crippen molar-refractivity contribution in [2.24, 2.45) is 5.73 Å². The molecule has 2 aromatic carbocycles. The molecule has 0 aliphatic rings. The van der Waals surface area contributed by atoms with Gasteiger partial charge in [-0.1, -0.05) is 52.0 Å². The molecule has 1 atom stereocenters. The summed E-state index contributed by atoms with van der Waals surface area (Å²) in [4.78, 5) is 0. The maximum Gasteiger partial charge on any atom is 0.247 e. The van der Waals surface area contributed by atoms with Gasteiger partial charge in [-0.15, -0.1) is 0 Å². The molecule has 0 aliphatic heterocycles. The molecule has 4 nitrogen and oxygen atoms in total. The summed E-state index contributed by atoms with van der Waals surface area (Å²) in [5.74, 6) is 1.39. The fourth-order valence-corrected chi connectivity index (χ4v) is 3.41. The van der Waals surface area contributed by atoms with Gasteiger partial charge in [0.05, 0.1) is 0 Å². The van der Waals surface area contributed by atoms with Gasteiger partial charge in [-0.25, -0.2) is 0 Å². The molecule has 0 aromatic heterocycles. The summed E-state index contributed by atoms with van der Waals surface area (Å²) in [6.07, 6.45) is 0. The lowest BCUT2D eigenvalue weighted by Gasteiger charge is -2.27. The molecule has 0 radical (unpaired) electrons. The molecule has 27 heavy (non-hydrogen) atoms. The molecule has 0 spiro atoms. The lowest BCUT2D eigenvalue weighted by Crippen LogP contribution is -2.38. The Morgan fingerprint density at radius 2 is 1.26 bits per heavy atom. The van der Waals surface area contributed by atoms with Gasteiger partial charge >= 0.3 is 0 Å². The van der Waals surface area contributed by atoms with Crippen LogP contribution in [0.1, 0.15) is 52.7 Å². The highest BCUT2D eigenvalue weighted by atomic mass is 31.2. The third-order valence-corrected chi connectivity index (χ3v) is 7.21. The SMILES string of the molecule is CC(C)P(C)(=O)Oc1ccc(C(C)(C)c2ccc(OC(C)(C)N)cc2)cc1. The molecule has 1 unspecified atom stereocenters. The first-order valence-electron chi connectivity index (χ1n) is 9.27. The van der Waals surface area contributed by atoms with Crippen LogP contribution in [0, 0.1) is 0 Å². The first-order valence-corrected chi connectivity index (χ1v) is 11.4. The number of rotatable bonds is 7. The Bertz CT molecular complexity index is 803. The highest BCUT2D eigenvalue weighted by Gasteiger charge is 2.25. The van der Waals surface area contributed by atoms with E-state index in [-0.39, 0.29) is 11.1 Å². The van der Waals surface area contributed by atoms with Crippen LogP contribution in [0.5, 0.6) is 11.5 Å². The normalized spacial score (nSPS) is 14.7. The van der Waals surface area contributed by atoms with Crippen molar-refractivity contribution in [1.29, 1.82) is 0 Å². The largest absolute Gasteiger partial charge is 0.474 e. The Morgan fingerprint density at radius 1 is 0.852 bits per heavy atom. The summed E-state index contributed by atoms with van der Waals surface area (Å²) in [7, 11) is -2.65. The van der Waals surface area contributed by atoms with Crippen LogP contribution in [0.4, 0.5) is 0 Å². The van der Waals surface area contributed by atoms with Gasteiger partial charge in [-0.3, -0.25) is 10.3 Å². The number of nitrogens with two attached hydrogens (primary N) is 1. The Morgan fingerprint density at radius 3 is 1.63 bits per heavy atom. The lowest BCUT2D eigenvalue weighted by atomic mass is 9.78. The van der Waals surface area contributed by atoms with Gasteiger partial charge in [0.2, 0.25) is 7.37 Å². The zero-order valence-electron chi connectivity index (χ0n) is 17.4. The molecular formula is C22H32NO3P. The molecule has 2 rings (SSSR count). The minimum atomic E-state index is -2.65. The van der Waals surface area contributed by atoms with Gasteiger partial charge in [0.15, 0.2) is 5.72 Å². The van der Waals surface area contributed by atoms with Crippen LogP contribution in [-0.4, -0.2) is 18.0 Å². The fraction of sp³-hybridized carbons (Fsp3) is 0.455. The minimum Gasteiger partial charge on any atom is -0.474 e. The molecule has 0 aliphatic carbocycles. The van der Waals surface area contributed by atoms with E-state index in [0.717, 1.165) is 11.3 Å². The molecule has 0 amide bonds. The number of ether oxygens (including phenoxy) is 1. The Hall–Kier alpha value is -1.77. The summed E-state index contributed by atoms with van der Waals surface area (Å²) < 4.78 is 23.9. The highest BCUT2D eigenvalue weighted by Crippen LogP contribution is 2.48. The maximum atomic E-state index is 12.5. The van der Waals surface area contributed by atoms with E-state index in [2.05, 4.69) is 26.0 Å². The molecule has 0 saturated heterocycles. The first-order chi connectivity index (χ1) is 12.3. The van der Waals surface area contributed by atoms with Crippen LogP contribution < -0.4 is 15.0 Å². The smallest absolute Gasteiger partial charge is 0.247 e. The van der Waals surface area contributed by atoms with Crippen LogP contribution in [0.3, 0.4) is 0 Å². The second-order valence-electron chi connectivity index (χ2n) is 8.47. The predicted octanol–water partition coefficient (Wildman–Crippen LogP) is 5.78. The van der Waals surface area contributed by atoms with Crippen molar-refractivity contribution >= 4 is 7.37 Å². The van der Waals surface area contributed by atoms with Crippen molar-refractivity contribution in [3.8, 4) is 11.5 Å². The van der Waals surface area contributed by atoms with Gasteiger partial charge in [-0.2, -0.15) is 0 Å². The topological polar surface area (TPSA) is 61.5 Å². The number of hydrogen-bond donors (Lipinski definition) is 1. The first kappa shape index (κ1) is 21.5. The molecule has 0 heterocycles. The lowest BCUT2D eigenvalue weighted by molar-refractivity contribution is 0.117. The van der Waals surface area contributed by atoms with Crippen molar-refractivity contribution in [2.45, 2.75) is 58.3 Å². The van der Waals surface area contributed by atoms with Gasteiger partial charge < -0.3 is 9.26 Å². The van der Waals surface area contributed by atoms with Gasteiger partial charge in [0.25, 0.3) is 0 Å². The van der Waals surface area contributed by atoms with Crippen LogP contribution >= 0.6 is 7.37 Å². The van der Waals surface area contributed by atoms with Crippen molar-refractivity contribution in [3.63, 3.8) is 0 Å². The minimum absolute atomic E-state index is 0.00662. The Labute approximate surface area is 163 Å². The molecule has 2 N–H and O–H groups in total.